The van der Waals surface area contributed by atoms with Gasteiger partial charge in [0.15, 0.2) is 11.6 Å². The molecule has 30 heavy (non-hydrogen) atoms. The second-order valence-corrected chi connectivity index (χ2v) is 8.40. The standard InChI is InChI=1S/C20H15F2N3O4S/c21-14-5-3-12(10-15(14)22)7-8-23-19(26)13-4-6-18-16(11-13)24-20(27)17-2-1-9-25(17)30(18,28)29/h1-6,9-11H,7-8H2,(H,23,26)(H,24,27). The molecule has 0 unspecified atom stereocenters. The lowest BCUT2D eigenvalue weighted by atomic mass is 10.1. The summed E-state index contributed by atoms with van der Waals surface area (Å²) in [6, 6.07) is 10.2. The van der Waals surface area contributed by atoms with Crippen molar-refractivity contribution in [1.82, 2.24) is 9.29 Å². The number of aromatic nitrogens is 1. The second-order valence-electron chi connectivity index (χ2n) is 6.61. The van der Waals surface area contributed by atoms with Crippen LogP contribution >= 0.6 is 0 Å². The molecule has 1 aliphatic rings. The lowest BCUT2D eigenvalue weighted by Gasteiger charge is -2.10. The monoisotopic (exact) mass is 431 g/mol. The van der Waals surface area contributed by atoms with Gasteiger partial charge in [0, 0.05) is 18.3 Å². The molecule has 154 valence electrons. The number of carbonyl (C=O) groups is 2. The Kier molecular flexibility index (Phi) is 4.86. The van der Waals surface area contributed by atoms with Gasteiger partial charge in [-0.25, -0.2) is 21.2 Å². The zero-order valence-electron chi connectivity index (χ0n) is 15.4. The van der Waals surface area contributed by atoms with E-state index in [1.54, 1.807) is 0 Å². The average Bonchev–Trinajstić information content (AvgIpc) is 3.19. The molecule has 4 rings (SSSR count). The molecule has 10 heteroatoms. The van der Waals surface area contributed by atoms with Gasteiger partial charge in [0.1, 0.15) is 10.6 Å². The fourth-order valence-corrected chi connectivity index (χ4v) is 4.63. The van der Waals surface area contributed by atoms with Gasteiger partial charge in [-0.15, -0.1) is 0 Å². The van der Waals surface area contributed by atoms with Crippen LogP contribution in [-0.2, 0) is 16.4 Å². The maximum atomic E-state index is 13.2. The van der Waals surface area contributed by atoms with E-state index in [9.17, 15) is 26.8 Å². The molecule has 2 amide bonds. The SMILES string of the molecule is O=C(NCCc1ccc(F)c(F)c1)c1ccc2c(c1)NC(=O)c1cccn1S2(=O)=O. The normalized spacial score (nSPS) is 14.3. The minimum Gasteiger partial charge on any atom is -0.352 e. The van der Waals surface area contributed by atoms with Crippen molar-refractivity contribution in [1.29, 1.82) is 0 Å². The number of nitrogens with one attached hydrogen (secondary N) is 2. The highest BCUT2D eigenvalue weighted by Crippen LogP contribution is 2.29. The summed E-state index contributed by atoms with van der Waals surface area (Å²) in [4.78, 5) is 24.6. The Hall–Kier alpha value is -3.53. The van der Waals surface area contributed by atoms with Gasteiger partial charge in [-0.05, 0) is 54.4 Å². The Morgan fingerprint density at radius 2 is 1.87 bits per heavy atom. The van der Waals surface area contributed by atoms with Crippen LogP contribution in [0.4, 0.5) is 14.5 Å². The van der Waals surface area contributed by atoms with Crippen molar-refractivity contribution in [2.45, 2.75) is 11.3 Å². The smallest absolute Gasteiger partial charge is 0.273 e. The third-order valence-electron chi connectivity index (χ3n) is 4.66. The summed E-state index contributed by atoms with van der Waals surface area (Å²) in [5, 5.41) is 5.14. The number of hydrogen-bond donors (Lipinski definition) is 2. The predicted octanol–water partition coefficient (Wildman–Crippen LogP) is 2.54. The van der Waals surface area contributed by atoms with E-state index in [2.05, 4.69) is 10.6 Å². The van der Waals surface area contributed by atoms with Crippen molar-refractivity contribution in [2.75, 3.05) is 11.9 Å². The predicted molar refractivity (Wildman–Crippen MR) is 104 cm³/mol. The van der Waals surface area contributed by atoms with Gasteiger partial charge in [-0.2, -0.15) is 0 Å². The first-order valence-electron chi connectivity index (χ1n) is 8.88. The molecule has 0 saturated heterocycles. The summed E-state index contributed by atoms with van der Waals surface area (Å²) in [7, 11) is -3.99. The molecule has 2 heterocycles. The van der Waals surface area contributed by atoms with E-state index in [1.807, 2.05) is 0 Å². The first-order valence-corrected chi connectivity index (χ1v) is 10.3. The Morgan fingerprint density at radius 1 is 1.07 bits per heavy atom. The number of benzene rings is 2. The van der Waals surface area contributed by atoms with E-state index in [4.69, 9.17) is 0 Å². The molecule has 3 aromatic rings. The number of amides is 2. The third-order valence-corrected chi connectivity index (χ3v) is 6.40. The Labute approximate surface area is 170 Å². The van der Waals surface area contributed by atoms with E-state index in [-0.39, 0.29) is 34.8 Å². The van der Waals surface area contributed by atoms with Crippen molar-refractivity contribution < 1.29 is 26.8 Å². The number of hydrogen-bond acceptors (Lipinski definition) is 4. The van der Waals surface area contributed by atoms with Gasteiger partial charge in [0.25, 0.3) is 21.8 Å². The third kappa shape index (κ3) is 3.45. The van der Waals surface area contributed by atoms with Crippen LogP contribution in [0.15, 0.2) is 59.6 Å². The van der Waals surface area contributed by atoms with Gasteiger partial charge in [-0.3, -0.25) is 9.59 Å². The summed E-state index contributed by atoms with van der Waals surface area (Å²) >= 11 is 0. The number of anilines is 1. The topological polar surface area (TPSA) is 97.3 Å². The van der Waals surface area contributed by atoms with Gasteiger partial charge < -0.3 is 10.6 Å². The second kappa shape index (κ2) is 7.38. The van der Waals surface area contributed by atoms with Crippen molar-refractivity contribution in [3.8, 4) is 0 Å². The van der Waals surface area contributed by atoms with Gasteiger partial charge >= 0.3 is 0 Å². The summed E-state index contributed by atoms with van der Waals surface area (Å²) in [5.74, 6) is -3.03. The molecule has 0 bridgehead atoms. The van der Waals surface area contributed by atoms with Crippen LogP contribution in [0.25, 0.3) is 0 Å². The molecule has 0 fully saturated rings. The zero-order valence-corrected chi connectivity index (χ0v) is 16.2. The van der Waals surface area contributed by atoms with Crippen molar-refractivity contribution in [3.63, 3.8) is 0 Å². The number of carbonyl (C=O) groups excluding carboxylic acids is 2. The number of nitrogens with zero attached hydrogens (tertiary/aromatic N) is 1. The molecule has 1 aromatic heterocycles. The lowest BCUT2D eigenvalue weighted by molar-refractivity contribution is 0.0952. The molecular formula is C20H15F2N3O4S. The Morgan fingerprint density at radius 3 is 2.63 bits per heavy atom. The molecule has 0 saturated carbocycles. The largest absolute Gasteiger partial charge is 0.352 e. The Bertz CT molecular complexity index is 1280. The van der Waals surface area contributed by atoms with E-state index in [0.29, 0.717) is 5.56 Å². The van der Waals surface area contributed by atoms with Crippen LogP contribution in [0.2, 0.25) is 0 Å². The molecule has 7 nitrogen and oxygen atoms in total. The van der Waals surface area contributed by atoms with E-state index < -0.39 is 33.5 Å². The highest BCUT2D eigenvalue weighted by Gasteiger charge is 2.30. The van der Waals surface area contributed by atoms with Crippen molar-refractivity contribution in [3.05, 3.63) is 83.2 Å². The Balaban J connectivity index is 1.52. The molecular weight excluding hydrogens is 416 g/mol. The van der Waals surface area contributed by atoms with Crippen LogP contribution in [0.1, 0.15) is 26.4 Å². The maximum absolute atomic E-state index is 13.2. The summed E-state index contributed by atoms with van der Waals surface area (Å²) in [5.41, 5.74) is 0.609. The molecule has 0 aliphatic carbocycles. The minimum absolute atomic E-state index is 0.00282. The van der Waals surface area contributed by atoms with E-state index in [1.165, 1.54) is 42.6 Å². The van der Waals surface area contributed by atoms with E-state index in [0.717, 1.165) is 16.1 Å². The van der Waals surface area contributed by atoms with Crippen LogP contribution in [0, 0.1) is 11.6 Å². The van der Waals surface area contributed by atoms with Crippen LogP contribution in [0.5, 0.6) is 0 Å². The summed E-state index contributed by atoms with van der Waals surface area (Å²) in [6.07, 6.45) is 1.55. The van der Waals surface area contributed by atoms with Crippen LogP contribution in [0.3, 0.4) is 0 Å². The van der Waals surface area contributed by atoms with Gasteiger partial charge in [0.05, 0.1) is 5.69 Å². The zero-order chi connectivity index (χ0) is 21.5. The fourth-order valence-electron chi connectivity index (χ4n) is 3.16. The highest BCUT2D eigenvalue weighted by atomic mass is 32.2. The number of halogens is 2. The average molecular weight is 431 g/mol. The molecule has 2 aromatic carbocycles. The summed E-state index contributed by atoms with van der Waals surface area (Å²) in [6.45, 7) is 0.150. The van der Waals surface area contributed by atoms with Crippen molar-refractivity contribution >= 4 is 27.5 Å². The van der Waals surface area contributed by atoms with E-state index >= 15 is 0 Å². The quantitative estimate of drug-likeness (QED) is 0.664. The maximum Gasteiger partial charge on any atom is 0.273 e. The van der Waals surface area contributed by atoms with Gasteiger partial charge in [-0.1, -0.05) is 6.07 Å². The highest BCUT2D eigenvalue weighted by molar-refractivity contribution is 7.90. The first-order chi connectivity index (χ1) is 14.3. The molecule has 1 aliphatic heterocycles. The molecule has 0 atom stereocenters. The van der Waals surface area contributed by atoms with Gasteiger partial charge in [0.2, 0.25) is 0 Å². The minimum atomic E-state index is -3.99. The number of fused-ring (bicyclic) bond motifs is 2. The first kappa shape index (κ1) is 19.8. The van der Waals surface area contributed by atoms with Crippen LogP contribution < -0.4 is 10.6 Å². The molecule has 0 spiro atoms. The fraction of sp³-hybridized carbons (Fsp3) is 0.100. The lowest BCUT2D eigenvalue weighted by Crippen LogP contribution is -2.26. The van der Waals surface area contributed by atoms with Crippen LogP contribution in [-0.4, -0.2) is 30.7 Å². The molecule has 2 N–H and O–H groups in total. The molecule has 0 radical (unpaired) electrons. The number of rotatable bonds is 4. The summed E-state index contributed by atoms with van der Waals surface area (Å²) < 4.78 is 52.7. The van der Waals surface area contributed by atoms with Crippen molar-refractivity contribution in [2.24, 2.45) is 0 Å².